The van der Waals surface area contributed by atoms with Gasteiger partial charge in [-0.25, -0.2) is 0 Å². The second kappa shape index (κ2) is 11.0. The minimum absolute atomic E-state index is 0.164. The maximum Gasteiger partial charge on any atom is 0.290 e. The van der Waals surface area contributed by atoms with Crippen molar-refractivity contribution in [2.45, 2.75) is 6.48 Å². The first-order valence-electron chi connectivity index (χ1n) is 2.35. The number of aliphatic hydroxyl groups is 2. The smallest absolute Gasteiger partial charge is 0.290 e. The summed E-state index contributed by atoms with van der Waals surface area (Å²) in [4.78, 5) is 8.36. The van der Waals surface area contributed by atoms with E-state index in [0.717, 1.165) is 0 Å². The normalized spacial score (nSPS) is 7.90. The summed E-state index contributed by atoms with van der Waals surface area (Å²) in [5.41, 5.74) is 0. The lowest BCUT2D eigenvalue weighted by atomic mass is 10.7. The van der Waals surface area contributed by atoms with Crippen LogP contribution in [-0.2, 0) is 9.53 Å². The van der Waals surface area contributed by atoms with Crippen molar-refractivity contribution in [2.75, 3.05) is 6.61 Å². The number of carboxylic acid groups (broad SMARTS) is 1. The lowest BCUT2D eigenvalue weighted by molar-refractivity contribution is -0.227. The Balaban J connectivity index is 0. The topological polar surface area (TPSA) is 87.0 Å². The summed E-state index contributed by atoms with van der Waals surface area (Å²) in [6.45, 7) is 1.53. The van der Waals surface area contributed by atoms with Gasteiger partial charge in [0.1, 0.15) is 0 Å². The molecule has 0 bridgehead atoms. The van der Waals surface area contributed by atoms with E-state index in [2.05, 4.69) is 11.3 Å². The van der Waals surface area contributed by atoms with Gasteiger partial charge in [0.2, 0.25) is 0 Å². The first kappa shape index (κ1) is 11.8. The summed E-state index contributed by atoms with van der Waals surface area (Å²) >= 11 is 0. The van der Waals surface area contributed by atoms with E-state index in [1.54, 1.807) is 0 Å². The molecule has 0 spiro atoms. The lowest BCUT2D eigenvalue weighted by Gasteiger charge is -1.98. The molecular weight excluding hydrogens is 140 g/mol. The maximum absolute atomic E-state index is 8.36. The van der Waals surface area contributed by atoms with Crippen molar-refractivity contribution in [3.63, 3.8) is 0 Å². The van der Waals surface area contributed by atoms with Crippen LogP contribution in [0.1, 0.15) is 0 Å². The molecule has 0 radical (unpaired) electrons. The van der Waals surface area contributed by atoms with E-state index >= 15 is 0 Å². The van der Waals surface area contributed by atoms with Gasteiger partial charge in [-0.3, -0.25) is 4.79 Å². The second-order valence-electron chi connectivity index (χ2n) is 1.05. The first-order valence-corrected chi connectivity index (χ1v) is 2.35. The molecule has 0 aromatic rings. The van der Waals surface area contributed by atoms with E-state index in [0.29, 0.717) is 0 Å². The Kier molecular flexibility index (Phi) is 13.0. The quantitative estimate of drug-likeness (QED) is 0.277. The monoisotopic (exact) mass is 150 g/mol. The molecule has 5 nitrogen and oxygen atoms in total. The highest BCUT2D eigenvalue weighted by molar-refractivity contribution is 5.32. The fraction of sp³-hybridized carbons (Fsp3) is 0.400. The zero-order valence-corrected chi connectivity index (χ0v) is 5.30. The van der Waals surface area contributed by atoms with E-state index in [-0.39, 0.29) is 13.1 Å². The van der Waals surface area contributed by atoms with E-state index in [4.69, 9.17) is 20.1 Å². The Bertz CT molecular complexity index is 80.1. The van der Waals surface area contributed by atoms with Gasteiger partial charge in [0.15, 0.2) is 0 Å². The molecule has 0 fully saturated rings. The molecule has 0 aliphatic heterocycles. The van der Waals surface area contributed by atoms with Crippen molar-refractivity contribution in [1.82, 2.24) is 0 Å². The van der Waals surface area contributed by atoms with E-state index in [9.17, 15) is 0 Å². The fourth-order valence-electron chi connectivity index (χ4n) is 0.154. The Hall–Kier alpha value is -0.910. The minimum Gasteiger partial charge on any atom is -0.483 e. The Morgan fingerprint density at radius 1 is 1.60 bits per heavy atom. The maximum atomic E-state index is 8.36. The van der Waals surface area contributed by atoms with Gasteiger partial charge in [0.05, 0.1) is 6.61 Å². The molecule has 0 atom stereocenters. The van der Waals surface area contributed by atoms with E-state index < -0.39 is 6.48 Å². The molecule has 0 aliphatic rings. The Morgan fingerprint density at radius 2 is 2.00 bits per heavy atom. The fourth-order valence-corrected chi connectivity index (χ4v) is 0.154. The van der Waals surface area contributed by atoms with Crippen molar-refractivity contribution >= 4 is 6.47 Å². The van der Waals surface area contributed by atoms with Crippen molar-refractivity contribution < 1.29 is 24.9 Å². The average Bonchev–Trinajstić information content (AvgIpc) is 1.85. The highest BCUT2D eigenvalue weighted by Crippen LogP contribution is 1.77. The van der Waals surface area contributed by atoms with Crippen LogP contribution in [0.25, 0.3) is 0 Å². The molecule has 60 valence electrons. The summed E-state index contributed by atoms with van der Waals surface area (Å²) in [6, 6.07) is 0. The van der Waals surface area contributed by atoms with Crippen LogP contribution in [0.2, 0.25) is 0 Å². The van der Waals surface area contributed by atoms with Gasteiger partial charge in [-0.15, -0.1) is 6.58 Å². The highest BCUT2D eigenvalue weighted by Gasteiger charge is 1.89. The van der Waals surface area contributed by atoms with Crippen molar-refractivity contribution in [3.8, 4) is 0 Å². The lowest BCUT2D eigenvalue weighted by Crippen LogP contribution is -2.09. The first-order chi connectivity index (χ1) is 4.68. The second-order valence-corrected chi connectivity index (χ2v) is 1.05. The van der Waals surface area contributed by atoms with Crippen molar-refractivity contribution in [2.24, 2.45) is 0 Å². The third kappa shape index (κ3) is 27.5. The molecule has 0 saturated carbocycles. The van der Waals surface area contributed by atoms with Crippen LogP contribution in [0, 0.1) is 0 Å². The number of rotatable bonds is 3. The molecule has 0 amide bonds. The number of ether oxygens (including phenoxy) is 1. The molecular formula is C5H10O5. The van der Waals surface area contributed by atoms with Gasteiger partial charge in [-0.1, -0.05) is 6.08 Å². The molecule has 10 heavy (non-hydrogen) atoms. The third-order valence-corrected chi connectivity index (χ3v) is 0.363. The molecule has 0 aromatic carbocycles. The van der Waals surface area contributed by atoms with Crippen molar-refractivity contribution in [3.05, 3.63) is 12.7 Å². The Labute approximate surface area is 58.2 Å². The minimum atomic E-state index is -1.67. The van der Waals surface area contributed by atoms with Crippen LogP contribution < -0.4 is 0 Å². The Morgan fingerprint density at radius 3 is 2.10 bits per heavy atom. The van der Waals surface area contributed by atoms with Gasteiger partial charge in [0.25, 0.3) is 12.9 Å². The van der Waals surface area contributed by atoms with Crippen LogP contribution in [0.5, 0.6) is 0 Å². The summed E-state index contributed by atoms with van der Waals surface area (Å²) in [7, 11) is 0. The molecule has 0 heterocycles. The van der Waals surface area contributed by atoms with Crippen molar-refractivity contribution in [1.29, 1.82) is 0 Å². The average molecular weight is 150 g/mol. The zero-order chi connectivity index (χ0) is 8.41. The number of carbonyl (C=O) groups is 1. The van der Waals surface area contributed by atoms with Gasteiger partial charge in [-0.2, -0.15) is 0 Å². The molecule has 5 heteroatoms. The van der Waals surface area contributed by atoms with Crippen LogP contribution >= 0.6 is 0 Å². The standard InChI is InChI=1S/C4H8O3.CH2O2/c1-2-3-7-4(5)6;2-1-3/h2,4-6H,1,3H2;1H,(H,2,3). The van der Waals surface area contributed by atoms with Gasteiger partial charge < -0.3 is 20.1 Å². The summed E-state index contributed by atoms with van der Waals surface area (Å²) in [5, 5.41) is 22.8. The predicted molar refractivity (Wildman–Crippen MR) is 33.1 cm³/mol. The zero-order valence-electron chi connectivity index (χ0n) is 5.30. The molecule has 0 aliphatic carbocycles. The van der Waals surface area contributed by atoms with Gasteiger partial charge >= 0.3 is 0 Å². The molecule has 0 unspecified atom stereocenters. The van der Waals surface area contributed by atoms with Crippen LogP contribution in [0.4, 0.5) is 0 Å². The largest absolute Gasteiger partial charge is 0.483 e. The number of aliphatic hydroxyl groups excluding tert-OH is 1. The SMILES string of the molecule is C=CCOC(O)O.O=CO. The molecule has 0 rings (SSSR count). The van der Waals surface area contributed by atoms with E-state index in [1.807, 2.05) is 0 Å². The van der Waals surface area contributed by atoms with Crippen LogP contribution in [-0.4, -0.2) is 34.9 Å². The summed E-state index contributed by atoms with van der Waals surface area (Å²) in [5.74, 6) is 0. The number of hydrogen-bond acceptors (Lipinski definition) is 4. The third-order valence-electron chi connectivity index (χ3n) is 0.363. The van der Waals surface area contributed by atoms with E-state index in [1.165, 1.54) is 6.08 Å². The number of hydrogen-bond donors (Lipinski definition) is 3. The molecule has 3 N–H and O–H groups in total. The predicted octanol–water partition coefficient (Wildman–Crippen LogP) is -0.842. The van der Waals surface area contributed by atoms with Crippen LogP contribution in [0.3, 0.4) is 0 Å². The summed E-state index contributed by atoms with van der Waals surface area (Å²) in [6.07, 6.45) is 1.43. The van der Waals surface area contributed by atoms with Gasteiger partial charge in [-0.05, 0) is 0 Å². The summed E-state index contributed by atoms with van der Waals surface area (Å²) < 4.78 is 4.18. The molecule has 0 saturated heterocycles. The van der Waals surface area contributed by atoms with Gasteiger partial charge in [0, 0.05) is 0 Å². The van der Waals surface area contributed by atoms with Crippen LogP contribution in [0.15, 0.2) is 12.7 Å². The highest BCUT2D eigenvalue weighted by atomic mass is 16.7. The molecule has 0 aromatic heterocycles.